The summed E-state index contributed by atoms with van der Waals surface area (Å²) in [5.41, 5.74) is -0.161. The maximum Gasteiger partial charge on any atom is 0.311 e. The van der Waals surface area contributed by atoms with Crippen LogP contribution < -0.4 is 4.83 Å². The van der Waals surface area contributed by atoms with Crippen LogP contribution in [0, 0.1) is 27.2 Å². The summed E-state index contributed by atoms with van der Waals surface area (Å²) in [6.07, 6.45) is 0. The van der Waals surface area contributed by atoms with Crippen LogP contribution in [-0.4, -0.2) is 18.4 Å². The molecular formula is C7H7N3O6S. The molecule has 1 aromatic carbocycles. The molecule has 0 aliphatic carbocycles. The van der Waals surface area contributed by atoms with Gasteiger partial charge in [0.25, 0.3) is 5.69 Å². The van der Waals surface area contributed by atoms with E-state index < -0.39 is 30.6 Å². The molecule has 0 aromatic heterocycles. The highest BCUT2D eigenvalue weighted by atomic mass is 32.2. The second kappa shape index (κ2) is 4.33. The van der Waals surface area contributed by atoms with Crippen molar-refractivity contribution in [3.05, 3.63) is 44.0 Å². The van der Waals surface area contributed by atoms with Crippen molar-refractivity contribution >= 4 is 15.7 Å². The molecule has 10 heteroatoms. The van der Waals surface area contributed by atoms with E-state index in [2.05, 4.69) is 0 Å². The second-order valence-electron chi connectivity index (χ2n) is 3.06. The third-order valence-electron chi connectivity index (χ3n) is 1.88. The maximum absolute atomic E-state index is 11.4. The van der Waals surface area contributed by atoms with E-state index in [1.165, 1.54) is 13.0 Å². The fraction of sp³-hybridized carbons (Fsp3) is 0.143. The number of nitrogens with one attached hydrogen (secondary N) is 1. The number of rotatable bonds is 4. The van der Waals surface area contributed by atoms with Crippen molar-refractivity contribution in [2.75, 3.05) is 0 Å². The Kier molecular flexibility index (Phi) is 3.27. The van der Waals surface area contributed by atoms with Gasteiger partial charge >= 0.3 is 10.0 Å². The van der Waals surface area contributed by atoms with E-state index in [9.17, 15) is 28.6 Å². The molecule has 0 unspecified atom stereocenters. The van der Waals surface area contributed by atoms with Gasteiger partial charge in [-0.15, -0.1) is 0 Å². The monoisotopic (exact) mass is 261 g/mol. The smallest absolute Gasteiger partial charge is 0.258 e. The molecule has 0 saturated carbocycles. The lowest BCUT2D eigenvalue weighted by molar-refractivity contribution is -0.518. The highest BCUT2D eigenvalue weighted by molar-refractivity contribution is 7.89. The molecule has 1 aromatic rings. The van der Waals surface area contributed by atoms with Gasteiger partial charge in [0.05, 0.1) is 9.82 Å². The van der Waals surface area contributed by atoms with Crippen LogP contribution in [0.15, 0.2) is 23.1 Å². The van der Waals surface area contributed by atoms with E-state index in [4.69, 9.17) is 0 Å². The third kappa shape index (κ3) is 2.87. The van der Waals surface area contributed by atoms with Crippen LogP contribution in [0.2, 0.25) is 0 Å². The van der Waals surface area contributed by atoms with Crippen molar-refractivity contribution in [1.82, 2.24) is 4.83 Å². The molecule has 0 heterocycles. The largest absolute Gasteiger partial charge is 0.311 e. The van der Waals surface area contributed by atoms with Gasteiger partial charge in [-0.2, -0.15) is 8.42 Å². The minimum Gasteiger partial charge on any atom is -0.258 e. The molecule has 0 amide bonds. The molecule has 0 aliphatic rings. The van der Waals surface area contributed by atoms with E-state index in [-0.39, 0.29) is 5.56 Å². The Morgan fingerprint density at radius 2 is 1.82 bits per heavy atom. The lowest BCUT2D eigenvalue weighted by Gasteiger charge is -2.02. The zero-order valence-electron chi connectivity index (χ0n) is 8.48. The number of nitrogens with zero attached hydrogens (tertiary/aromatic N) is 2. The molecule has 1 N–H and O–H groups in total. The van der Waals surface area contributed by atoms with Gasteiger partial charge in [-0.05, 0) is 17.8 Å². The van der Waals surface area contributed by atoms with Crippen molar-refractivity contribution in [1.29, 1.82) is 0 Å². The summed E-state index contributed by atoms with van der Waals surface area (Å²) in [6, 6.07) is 3.02. The summed E-state index contributed by atoms with van der Waals surface area (Å²) >= 11 is 0. The van der Waals surface area contributed by atoms with Crippen LogP contribution in [0.4, 0.5) is 5.69 Å². The summed E-state index contributed by atoms with van der Waals surface area (Å²) in [4.78, 5) is 20.4. The molecule has 9 nitrogen and oxygen atoms in total. The van der Waals surface area contributed by atoms with Crippen molar-refractivity contribution in [2.24, 2.45) is 0 Å². The van der Waals surface area contributed by atoms with Crippen molar-refractivity contribution < 1.29 is 18.4 Å². The molecule has 0 saturated heterocycles. The van der Waals surface area contributed by atoms with E-state index >= 15 is 0 Å². The van der Waals surface area contributed by atoms with E-state index in [0.717, 1.165) is 17.0 Å². The van der Waals surface area contributed by atoms with Gasteiger partial charge in [0.2, 0.25) is 0 Å². The molecule has 0 atom stereocenters. The van der Waals surface area contributed by atoms with Gasteiger partial charge in [0, 0.05) is 11.6 Å². The zero-order chi connectivity index (χ0) is 13.2. The molecular weight excluding hydrogens is 254 g/mol. The van der Waals surface area contributed by atoms with E-state index in [1.54, 1.807) is 0 Å². The minimum atomic E-state index is -4.39. The SMILES string of the molecule is Cc1ccc(S(=O)(=O)N[N+](=O)[O-])cc1[N+](=O)[O-]. The minimum absolute atomic E-state index is 0.259. The Morgan fingerprint density at radius 3 is 2.29 bits per heavy atom. The molecule has 0 aliphatic heterocycles. The van der Waals surface area contributed by atoms with Gasteiger partial charge in [0.15, 0.2) is 5.03 Å². The Morgan fingerprint density at radius 1 is 1.24 bits per heavy atom. The van der Waals surface area contributed by atoms with Gasteiger partial charge < -0.3 is 0 Å². The topological polar surface area (TPSA) is 132 Å². The average molecular weight is 261 g/mol. The molecule has 1 rings (SSSR count). The van der Waals surface area contributed by atoms with Crippen LogP contribution in [0.5, 0.6) is 0 Å². The first-order valence-electron chi connectivity index (χ1n) is 4.16. The standard InChI is InChI=1S/C7H7N3O6S/c1-5-2-3-6(4-7(5)9(11)12)17(15,16)8-10(13)14/h2-4,8H,1H3. The molecule has 17 heavy (non-hydrogen) atoms. The summed E-state index contributed by atoms with van der Waals surface area (Å²) in [5, 5.41) is 19.4. The number of aryl methyl sites for hydroxylation is 1. The quantitative estimate of drug-likeness (QED) is 0.615. The second-order valence-corrected chi connectivity index (χ2v) is 4.72. The Balaban J connectivity index is 3.30. The average Bonchev–Trinajstić information content (AvgIpc) is 2.15. The number of hydrogen-bond donors (Lipinski definition) is 1. The summed E-state index contributed by atoms with van der Waals surface area (Å²) < 4.78 is 22.7. The lowest BCUT2D eigenvalue weighted by Crippen LogP contribution is -2.29. The van der Waals surface area contributed by atoms with Crippen LogP contribution in [-0.2, 0) is 10.0 Å². The summed E-state index contributed by atoms with van der Waals surface area (Å²) in [6.45, 7) is 1.43. The predicted molar refractivity (Wildman–Crippen MR) is 55.1 cm³/mol. The fourth-order valence-electron chi connectivity index (χ4n) is 1.10. The predicted octanol–water partition coefficient (Wildman–Crippen LogP) is 0.373. The highest BCUT2D eigenvalue weighted by Gasteiger charge is 2.23. The fourth-order valence-corrected chi connectivity index (χ4v) is 1.92. The van der Waals surface area contributed by atoms with Crippen molar-refractivity contribution in [3.63, 3.8) is 0 Å². The van der Waals surface area contributed by atoms with Crippen molar-refractivity contribution in [2.45, 2.75) is 11.8 Å². The van der Waals surface area contributed by atoms with Crippen LogP contribution in [0.3, 0.4) is 0 Å². The molecule has 0 spiro atoms. The van der Waals surface area contributed by atoms with E-state index in [0.29, 0.717) is 0 Å². The van der Waals surface area contributed by atoms with Crippen LogP contribution >= 0.6 is 0 Å². The lowest BCUT2D eigenvalue weighted by atomic mass is 10.2. The Hall–Kier alpha value is -2.23. The normalized spacial score (nSPS) is 10.9. The third-order valence-corrected chi connectivity index (χ3v) is 3.15. The highest BCUT2D eigenvalue weighted by Crippen LogP contribution is 2.21. The number of hydrazine groups is 1. The first-order valence-corrected chi connectivity index (χ1v) is 5.64. The Labute approximate surface area is 95.4 Å². The van der Waals surface area contributed by atoms with Crippen LogP contribution in [0.1, 0.15) is 5.56 Å². The van der Waals surface area contributed by atoms with Gasteiger partial charge in [-0.25, -0.2) is 10.1 Å². The first-order chi connectivity index (χ1) is 7.74. The number of hydrogen-bond acceptors (Lipinski definition) is 6. The van der Waals surface area contributed by atoms with Gasteiger partial charge in [-0.1, -0.05) is 6.07 Å². The van der Waals surface area contributed by atoms with Crippen molar-refractivity contribution in [3.8, 4) is 0 Å². The first kappa shape index (κ1) is 12.8. The number of sulfonamides is 1. The number of nitro benzene ring substituents is 1. The molecule has 0 fully saturated rings. The summed E-state index contributed by atoms with van der Waals surface area (Å²) in [5.74, 6) is 0. The summed E-state index contributed by atoms with van der Waals surface area (Å²) in [7, 11) is -4.39. The number of nitro groups is 2. The van der Waals surface area contributed by atoms with Crippen LogP contribution in [0.25, 0.3) is 0 Å². The molecule has 0 radical (unpaired) electrons. The maximum atomic E-state index is 11.4. The van der Waals surface area contributed by atoms with E-state index in [1.807, 2.05) is 0 Å². The Bertz CT molecular complexity index is 581. The zero-order valence-corrected chi connectivity index (χ0v) is 9.30. The van der Waals surface area contributed by atoms with Gasteiger partial charge in [0.1, 0.15) is 0 Å². The van der Waals surface area contributed by atoms with Gasteiger partial charge in [-0.3, -0.25) is 10.1 Å². The molecule has 0 bridgehead atoms. The number of benzene rings is 1. The molecule has 92 valence electrons.